The van der Waals surface area contributed by atoms with Gasteiger partial charge in [-0.3, -0.25) is 24.1 Å². The number of nitrogens with one attached hydrogen (secondary N) is 2. The Hall–Kier alpha value is -4.69. The molecule has 1 aromatic rings. The molecule has 5 atom stereocenters. The fourth-order valence-corrected chi connectivity index (χ4v) is 5.98. The first-order valence-electron chi connectivity index (χ1n) is 13.0. The van der Waals surface area contributed by atoms with E-state index in [0.29, 0.717) is 5.56 Å². The number of phenolic OH excluding ortho intramolecular Hbond substituents is 1. The molecule has 0 spiro atoms. The van der Waals surface area contributed by atoms with Crippen LogP contribution in [0.1, 0.15) is 24.5 Å². The molecule has 1 fully saturated rings. The third kappa shape index (κ3) is 4.67. The molecule has 4 rings (SSSR count). The lowest BCUT2D eigenvalue weighted by atomic mass is 9.57. The number of phenols is 1. The molecule has 0 aromatic heterocycles. The Kier molecular flexibility index (Phi) is 7.89. The molecule has 5 unspecified atom stereocenters. The average molecular weight is 585 g/mol. The Labute approximate surface area is 240 Å². The van der Waals surface area contributed by atoms with Crippen LogP contribution < -0.4 is 16.4 Å². The number of Topliss-reactive ketones (excluding diaryl/α,β-unsaturated/α-hetero) is 2. The number of carbonyl (C=O) groups is 5. The maximum Gasteiger partial charge on any atom is 0.408 e. The van der Waals surface area contributed by atoms with Crippen LogP contribution in [0.2, 0.25) is 0 Å². The van der Waals surface area contributed by atoms with Crippen LogP contribution in [0.4, 0.5) is 10.5 Å². The minimum Gasteiger partial charge on any atom is -0.508 e. The van der Waals surface area contributed by atoms with Gasteiger partial charge in [-0.05, 0) is 51.4 Å². The molecule has 3 aliphatic carbocycles. The summed E-state index contributed by atoms with van der Waals surface area (Å²) in [4.78, 5) is 64.9. The van der Waals surface area contributed by atoms with Crippen LogP contribution in [-0.4, -0.2) is 93.2 Å². The molecule has 224 valence electrons. The predicted molar refractivity (Wildman–Crippen MR) is 147 cm³/mol. The van der Waals surface area contributed by atoms with E-state index in [2.05, 4.69) is 17.2 Å². The number of nitrogens with two attached hydrogens (primary N) is 1. The third-order valence-corrected chi connectivity index (χ3v) is 7.91. The number of aliphatic hydroxyl groups excluding tert-OH is 2. The van der Waals surface area contributed by atoms with Gasteiger partial charge in [0.1, 0.15) is 35.5 Å². The zero-order valence-corrected chi connectivity index (χ0v) is 23.1. The molecule has 0 aliphatic heterocycles. The van der Waals surface area contributed by atoms with Crippen molar-refractivity contribution >= 4 is 40.9 Å². The summed E-state index contributed by atoms with van der Waals surface area (Å²) in [6, 6.07) is 0.637. The number of amides is 3. The number of alkyl carbamates (subject to hydrolysis) is 1. The molecular weight excluding hydrogens is 552 g/mol. The van der Waals surface area contributed by atoms with Crippen molar-refractivity contribution in [1.29, 1.82) is 0 Å². The quantitative estimate of drug-likeness (QED) is 0.130. The maximum atomic E-state index is 13.9. The largest absolute Gasteiger partial charge is 0.508 e. The highest BCUT2D eigenvalue weighted by molar-refractivity contribution is 6.24. The van der Waals surface area contributed by atoms with E-state index in [4.69, 9.17) is 10.5 Å². The van der Waals surface area contributed by atoms with Crippen LogP contribution in [0.25, 0.3) is 5.76 Å². The van der Waals surface area contributed by atoms with Crippen molar-refractivity contribution in [2.24, 2.45) is 17.6 Å². The summed E-state index contributed by atoms with van der Waals surface area (Å²) in [6.07, 6.45) is 0.532. The molecule has 14 heteroatoms. The van der Waals surface area contributed by atoms with Gasteiger partial charge in [0.05, 0.1) is 17.3 Å². The van der Waals surface area contributed by atoms with Crippen LogP contribution in [-0.2, 0) is 30.3 Å². The van der Waals surface area contributed by atoms with E-state index in [0.717, 1.165) is 0 Å². The first kappa shape index (κ1) is 30.3. The highest BCUT2D eigenvalue weighted by atomic mass is 16.5. The number of likely N-dealkylation sites (N-methyl/N-ethyl adjacent to an activating group) is 1. The molecule has 14 nitrogen and oxygen atoms in total. The summed E-state index contributed by atoms with van der Waals surface area (Å²) in [7, 11) is 3.03. The standard InChI is InChI=1S/C28H32N4O10/c1-5-8-42-27(40)30-11(2)26(39)31-15-7-6-12-9-13-10-14-19(32(3)4)22(35)18(25(29)38)24(37)28(14,41)23(36)17(13)21(34)16(12)20(15)33/h5-7,11,13-14,19,33-34,37,41H,1,8-10H2,2-4H3,(H2,29,38)(H,30,40)(H,31,39). The number of anilines is 1. The first-order valence-corrected chi connectivity index (χ1v) is 13.0. The SMILES string of the molecule is C=CCOC(=O)NC(C)C(=O)Nc1ccc2c(c1O)C(O)=C1C(=O)C3(O)C(O)=C(C(N)=O)C(=O)C(N(C)C)C3CC1C2. The lowest BCUT2D eigenvalue weighted by Crippen LogP contribution is -2.65. The van der Waals surface area contributed by atoms with Gasteiger partial charge in [-0.1, -0.05) is 18.7 Å². The second-order valence-corrected chi connectivity index (χ2v) is 10.7. The predicted octanol–water partition coefficient (Wildman–Crippen LogP) is 0.203. The van der Waals surface area contributed by atoms with Crippen molar-refractivity contribution in [3.05, 3.63) is 52.8 Å². The van der Waals surface area contributed by atoms with E-state index in [-0.39, 0.29) is 36.3 Å². The van der Waals surface area contributed by atoms with Gasteiger partial charge in [0.25, 0.3) is 5.91 Å². The molecule has 0 saturated heterocycles. The molecule has 0 radical (unpaired) electrons. The Morgan fingerprint density at radius 3 is 2.50 bits per heavy atom. The van der Waals surface area contributed by atoms with Crippen molar-refractivity contribution in [3.8, 4) is 5.75 Å². The summed E-state index contributed by atoms with van der Waals surface area (Å²) in [5.74, 6) is -8.42. The number of hydrogen-bond donors (Lipinski definition) is 7. The van der Waals surface area contributed by atoms with Crippen molar-refractivity contribution in [2.75, 3.05) is 26.0 Å². The van der Waals surface area contributed by atoms with Crippen LogP contribution in [0.15, 0.2) is 41.7 Å². The van der Waals surface area contributed by atoms with E-state index < -0.39 is 81.8 Å². The summed E-state index contributed by atoms with van der Waals surface area (Å²) in [5.41, 5.74) is 1.43. The van der Waals surface area contributed by atoms with Crippen molar-refractivity contribution in [1.82, 2.24) is 10.2 Å². The average Bonchev–Trinajstić information content (AvgIpc) is 2.90. The van der Waals surface area contributed by atoms with E-state index >= 15 is 0 Å². The fourth-order valence-electron chi connectivity index (χ4n) is 5.98. The second kappa shape index (κ2) is 10.9. The number of aromatic hydroxyl groups is 1. The highest BCUT2D eigenvalue weighted by Gasteiger charge is 2.64. The fraction of sp³-hybridized carbons (Fsp3) is 0.393. The van der Waals surface area contributed by atoms with Crippen LogP contribution in [0.3, 0.4) is 0 Å². The Bertz CT molecular complexity index is 1480. The molecule has 3 amide bonds. The Balaban J connectivity index is 1.73. The van der Waals surface area contributed by atoms with Gasteiger partial charge in [0.2, 0.25) is 11.7 Å². The zero-order chi connectivity index (χ0) is 31.3. The first-order chi connectivity index (χ1) is 19.7. The minimum absolute atomic E-state index is 0.0455. The molecule has 0 heterocycles. The zero-order valence-electron chi connectivity index (χ0n) is 23.1. The minimum atomic E-state index is -2.76. The van der Waals surface area contributed by atoms with Crippen molar-refractivity contribution in [3.63, 3.8) is 0 Å². The lowest BCUT2D eigenvalue weighted by molar-refractivity contribution is -0.153. The Morgan fingerprint density at radius 2 is 1.90 bits per heavy atom. The van der Waals surface area contributed by atoms with Gasteiger partial charge in [0, 0.05) is 11.5 Å². The monoisotopic (exact) mass is 584 g/mol. The molecule has 1 aromatic carbocycles. The van der Waals surface area contributed by atoms with E-state index in [1.54, 1.807) is 0 Å². The van der Waals surface area contributed by atoms with Gasteiger partial charge in [-0.2, -0.15) is 0 Å². The number of nitrogens with zero attached hydrogens (tertiary/aromatic N) is 1. The van der Waals surface area contributed by atoms with Gasteiger partial charge in [-0.15, -0.1) is 0 Å². The lowest BCUT2D eigenvalue weighted by Gasteiger charge is -2.50. The van der Waals surface area contributed by atoms with Gasteiger partial charge in [-0.25, -0.2) is 4.79 Å². The van der Waals surface area contributed by atoms with E-state index in [9.17, 15) is 44.4 Å². The number of ether oxygens (including phenoxy) is 1. The molecule has 0 bridgehead atoms. The van der Waals surface area contributed by atoms with E-state index in [1.165, 1.54) is 44.1 Å². The highest BCUT2D eigenvalue weighted by Crippen LogP contribution is 2.53. The second-order valence-electron chi connectivity index (χ2n) is 10.7. The summed E-state index contributed by atoms with van der Waals surface area (Å²) < 4.78 is 4.78. The number of carbonyl (C=O) groups excluding carboxylic acids is 5. The van der Waals surface area contributed by atoms with Gasteiger partial charge in [0.15, 0.2) is 11.4 Å². The number of ketones is 2. The van der Waals surface area contributed by atoms with Crippen LogP contribution >= 0.6 is 0 Å². The molecule has 42 heavy (non-hydrogen) atoms. The third-order valence-electron chi connectivity index (χ3n) is 7.91. The normalized spacial score (nSPS) is 25.7. The number of hydrogen-bond acceptors (Lipinski definition) is 11. The van der Waals surface area contributed by atoms with Crippen LogP contribution in [0, 0.1) is 11.8 Å². The van der Waals surface area contributed by atoms with Crippen molar-refractivity contribution < 1.29 is 49.1 Å². The van der Waals surface area contributed by atoms with Gasteiger partial charge >= 0.3 is 6.09 Å². The smallest absolute Gasteiger partial charge is 0.408 e. The molecular formula is C28H32N4O10. The topological polar surface area (TPSA) is 229 Å². The summed E-state index contributed by atoms with van der Waals surface area (Å²) in [6.45, 7) is 4.72. The number of fused-ring (bicyclic) bond motifs is 3. The molecule has 3 aliphatic rings. The molecule has 1 saturated carbocycles. The number of rotatable bonds is 7. The summed E-state index contributed by atoms with van der Waals surface area (Å²) >= 11 is 0. The van der Waals surface area contributed by atoms with Gasteiger partial charge < -0.3 is 41.5 Å². The maximum absolute atomic E-state index is 13.9. The van der Waals surface area contributed by atoms with E-state index in [1.807, 2.05) is 0 Å². The Morgan fingerprint density at radius 1 is 1.24 bits per heavy atom. The molecule has 8 N–H and O–H groups in total. The summed E-state index contributed by atoms with van der Waals surface area (Å²) in [5, 5.41) is 49.6. The number of primary amides is 1. The van der Waals surface area contributed by atoms with Crippen LogP contribution in [0.5, 0.6) is 5.75 Å². The number of aliphatic hydroxyl groups is 3. The van der Waals surface area contributed by atoms with Crippen molar-refractivity contribution in [2.45, 2.75) is 37.5 Å². The number of benzene rings is 1.